The fourth-order valence-electron chi connectivity index (χ4n) is 2.63. The summed E-state index contributed by atoms with van der Waals surface area (Å²) in [6.07, 6.45) is 3.88. The number of benzene rings is 1. The van der Waals surface area contributed by atoms with E-state index in [2.05, 4.69) is 32.8 Å². The molecule has 1 aliphatic heterocycles. The van der Waals surface area contributed by atoms with E-state index in [-0.39, 0.29) is 0 Å². The zero-order chi connectivity index (χ0) is 16.4. The Morgan fingerprint density at radius 3 is 2.65 bits per heavy atom. The maximum atomic E-state index is 11.8. The number of hydrogen-bond donors (Lipinski definition) is 1. The van der Waals surface area contributed by atoms with Crippen molar-refractivity contribution >= 4 is 27.4 Å². The van der Waals surface area contributed by atoms with E-state index in [4.69, 9.17) is 0 Å². The normalized spacial score (nSPS) is 14.7. The van der Waals surface area contributed by atoms with Gasteiger partial charge in [-0.1, -0.05) is 18.2 Å². The molecule has 0 amide bonds. The molecule has 2 heterocycles. The van der Waals surface area contributed by atoms with Crippen LogP contribution in [0.25, 0.3) is 0 Å². The first kappa shape index (κ1) is 15.8. The van der Waals surface area contributed by atoms with Gasteiger partial charge in [-0.3, -0.25) is 4.72 Å². The lowest BCUT2D eigenvalue weighted by Crippen LogP contribution is -2.29. The molecule has 122 valence electrons. The summed E-state index contributed by atoms with van der Waals surface area (Å²) in [5, 5.41) is 0. The first-order chi connectivity index (χ1) is 11.0. The molecule has 3 rings (SSSR count). The van der Waals surface area contributed by atoms with Crippen LogP contribution in [0.1, 0.15) is 12.0 Å². The van der Waals surface area contributed by atoms with Gasteiger partial charge < -0.3 is 4.90 Å². The highest BCUT2D eigenvalue weighted by atomic mass is 32.2. The van der Waals surface area contributed by atoms with Crippen LogP contribution in [-0.4, -0.2) is 38.3 Å². The van der Waals surface area contributed by atoms with Crippen molar-refractivity contribution < 1.29 is 8.42 Å². The number of rotatable bonds is 4. The summed E-state index contributed by atoms with van der Waals surface area (Å²) in [7, 11) is -0.583. The van der Waals surface area contributed by atoms with Crippen molar-refractivity contribution in [3.05, 3.63) is 48.2 Å². The van der Waals surface area contributed by atoms with E-state index in [9.17, 15) is 8.42 Å². The predicted molar refractivity (Wildman–Crippen MR) is 92.2 cm³/mol. The molecule has 0 radical (unpaired) electrons. The summed E-state index contributed by atoms with van der Waals surface area (Å²) in [6.45, 7) is 0.932. The van der Waals surface area contributed by atoms with Gasteiger partial charge in [0, 0.05) is 26.3 Å². The highest BCUT2D eigenvalue weighted by Gasteiger charge is 2.18. The minimum absolute atomic E-state index is 0.313. The van der Waals surface area contributed by atoms with Crippen molar-refractivity contribution in [1.82, 2.24) is 9.29 Å². The van der Waals surface area contributed by atoms with Crippen LogP contribution < -0.4 is 9.62 Å². The number of fused-ring (bicyclic) bond motifs is 1. The fraction of sp³-hybridized carbons (Fsp3) is 0.312. The molecule has 2 aromatic rings. The summed E-state index contributed by atoms with van der Waals surface area (Å²) in [6, 6.07) is 11.9. The number of nitrogens with zero attached hydrogens (tertiary/aromatic N) is 3. The van der Waals surface area contributed by atoms with Crippen LogP contribution in [-0.2, 0) is 16.6 Å². The van der Waals surface area contributed by atoms with Gasteiger partial charge in [-0.15, -0.1) is 0 Å². The number of para-hydroxylation sites is 1. The first-order valence-corrected chi connectivity index (χ1v) is 8.93. The molecule has 0 saturated heterocycles. The maximum absolute atomic E-state index is 11.8. The molecule has 7 heteroatoms. The average Bonchev–Trinajstić information content (AvgIpc) is 2.55. The molecule has 0 bridgehead atoms. The standard InChI is InChI=1S/C16H20N4O2S/c1-19(2)23(21,22)18-16-10-9-14(12-17-16)20-11-5-7-13-6-3-4-8-15(13)20/h3-4,6,8-10,12H,5,7,11H2,1-2H3,(H,17,18). The monoisotopic (exact) mass is 332 g/mol. The van der Waals surface area contributed by atoms with Crippen LogP contribution in [0.3, 0.4) is 0 Å². The summed E-state index contributed by atoms with van der Waals surface area (Å²) in [5.41, 5.74) is 3.49. The van der Waals surface area contributed by atoms with Crippen LogP contribution >= 0.6 is 0 Å². The highest BCUT2D eigenvalue weighted by Crippen LogP contribution is 2.33. The number of pyridine rings is 1. The third-order valence-electron chi connectivity index (χ3n) is 3.88. The molecule has 1 aromatic heterocycles. The zero-order valence-corrected chi connectivity index (χ0v) is 14.0. The van der Waals surface area contributed by atoms with Crippen molar-refractivity contribution in [1.29, 1.82) is 0 Å². The van der Waals surface area contributed by atoms with Gasteiger partial charge in [0.1, 0.15) is 5.82 Å². The number of anilines is 3. The van der Waals surface area contributed by atoms with Gasteiger partial charge >= 0.3 is 10.2 Å². The van der Waals surface area contributed by atoms with Crippen LogP contribution in [0.2, 0.25) is 0 Å². The van der Waals surface area contributed by atoms with Gasteiger partial charge in [-0.2, -0.15) is 12.7 Å². The molecule has 6 nitrogen and oxygen atoms in total. The van der Waals surface area contributed by atoms with Gasteiger partial charge in [0.15, 0.2) is 0 Å². The minimum atomic E-state index is -3.53. The van der Waals surface area contributed by atoms with Crippen LogP contribution in [0.15, 0.2) is 42.6 Å². The average molecular weight is 332 g/mol. The lowest BCUT2D eigenvalue weighted by molar-refractivity contribution is 0.526. The van der Waals surface area contributed by atoms with Crippen molar-refractivity contribution in [3.63, 3.8) is 0 Å². The molecule has 1 aliphatic rings. The number of hydrogen-bond acceptors (Lipinski definition) is 4. The van der Waals surface area contributed by atoms with E-state index in [1.807, 2.05) is 12.1 Å². The lowest BCUT2D eigenvalue weighted by atomic mass is 10.0. The maximum Gasteiger partial charge on any atom is 0.302 e. The molecule has 1 N–H and O–H groups in total. The first-order valence-electron chi connectivity index (χ1n) is 7.49. The van der Waals surface area contributed by atoms with E-state index in [0.29, 0.717) is 5.82 Å². The van der Waals surface area contributed by atoms with E-state index < -0.39 is 10.2 Å². The molecule has 0 fully saturated rings. The number of nitrogens with one attached hydrogen (secondary N) is 1. The molecule has 1 aromatic carbocycles. The van der Waals surface area contributed by atoms with Gasteiger partial charge in [0.25, 0.3) is 0 Å². The van der Waals surface area contributed by atoms with E-state index in [1.54, 1.807) is 12.3 Å². The molecule has 0 aliphatic carbocycles. The Morgan fingerprint density at radius 1 is 1.17 bits per heavy atom. The van der Waals surface area contributed by atoms with E-state index >= 15 is 0 Å². The topological polar surface area (TPSA) is 65.5 Å². The Balaban J connectivity index is 1.84. The van der Waals surface area contributed by atoms with Gasteiger partial charge in [-0.25, -0.2) is 4.98 Å². The summed E-state index contributed by atoms with van der Waals surface area (Å²) in [5.74, 6) is 0.313. The minimum Gasteiger partial charge on any atom is -0.340 e. The van der Waals surface area contributed by atoms with Crippen LogP contribution in [0.5, 0.6) is 0 Å². The molecule has 0 atom stereocenters. The van der Waals surface area contributed by atoms with E-state index in [1.165, 1.54) is 25.3 Å². The predicted octanol–water partition coefficient (Wildman–Crippen LogP) is 2.38. The molecule has 0 unspecified atom stereocenters. The van der Waals surface area contributed by atoms with Crippen molar-refractivity contribution in [2.75, 3.05) is 30.3 Å². The molecule has 0 spiro atoms. The van der Waals surface area contributed by atoms with Crippen molar-refractivity contribution in [3.8, 4) is 0 Å². The fourth-order valence-corrected chi connectivity index (χ4v) is 3.20. The molecule has 0 saturated carbocycles. The SMILES string of the molecule is CN(C)S(=O)(=O)Nc1ccc(N2CCCc3ccccc32)cn1. The Kier molecular flexibility index (Phi) is 4.23. The second kappa shape index (κ2) is 6.17. The van der Waals surface area contributed by atoms with Crippen molar-refractivity contribution in [2.45, 2.75) is 12.8 Å². The van der Waals surface area contributed by atoms with Crippen molar-refractivity contribution in [2.24, 2.45) is 0 Å². The molecule has 23 heavy (non-hydrogen) atoms. The Bertz CT molecular complexity index is 788. The van der Waals surface area contributed by atoms with Gasteiger partial charge in [0.2, 0.25) is 0 Å². The Hall–Kier alpha value is -2.12. The largest absolute Gasteiger partial charge is 0.340 e. The second-order valence-electron chi connectivity index (χ2n) is 5.68. The summed E-state index contributed by atoms with van der Waals surface area (Å²) in [4.78, 5) is 6.45. The molecular weight excluding hydrogens is 312 g/mol. The van der Waals surface area contributed by atoms with E-state index in [0.717, 1.165) is 29.4 Å². The van der Waals surface area contributed by atoms with Crippen LogP contribution in [0.4, 0.5) is 17.2 Å². The van der Waals surface area contributed by atoms with Gasteiger partial charge in [-0.05, 0) is 36.6 Å². The third-order valence-corrected chi connectivity index (χ3v) is 5.31. The highest BCUT2D eigenvalue weighted by molar-refractivity contribution is 7.90. The smallest absolute Gasteiger partial charge is 0.302 e. The number of aryl methyl sites for hydroxylation is 1. The zero-order valence-electron chi connectivity index (χ0n) is 13.2. The summed E-state index contributed by atoms with van der Waals surface area (Å²) < 4.78 is 27.2. The quantitative estimate of drug-likeness (QED) is 0.933. The lowest BCUT2D eigenvalue weighted by Gasteiger charge is -2.31. The third kappa shape index (κ3) is 3.30. The van der Waals surface area contributed by atoms with Crippen LogP contribution in [0, 0.1) is 0 Å². The van der Waals surface area contributed by atoms with Gasteiger partial charge in [0.05, 0.1) is 11.9 Å². The second-order valence-corrected chi connectivity index (χ2v) is 7.56. The Labute approximate surface area is 136 Å². The molecular formula is C16H20N4O2S. The Morgan fingerprint density at radius 2 is 1.96 bits per heavy atom. The number of aromatic nitrogens is 1. The summed E-state index contributed by atoms with van der Waals surface area (Å²) >= 11 is 0.